The van der Waals surface area contributed by atoms with Gasteiger partial charge in [-0.2, -0.15) is 13.2 Å². The van der Waals surface area contributed by atoms with Crippen molar-refractivity contribution in [2.45, 2.75) is 77.1 Å². The third kappa shape index (κ3) is 5.21. The lowest BCUT2D eigenvalue weighted by atomic mass is 9.97. The number of rotatable bonds is 7. The van der Waals surface area contributed by atoms with Crippen molar-refractivity contribution in [2.24, 2.45) is 0 Å². The number of hydrogen-bond donors (Lipinski definition) is 1. The molecule has 1 aliphatic rings. The summed E-state index contributed by atoms with van der Waals surface area (Å²) in [6.07, 6.45) is -1.41. The predicted molar refractivity (Wildman–Crippen MR) is 91.9 cm³/mol. The molecule has 25 heavy (non-hydrogen) atoms. The van der Waals surface area contributed by atoms with Crippen LogP contribution in [-0.4, -0.2) is 28.7 Å². The van der Waals surface area contributed by atoms with Crippen molar-refractivity contribution in [3.8, 4) is 0 Å². The Morgan fingerprint density at radius 3 is 2.48 bits per heavy atom. The fourth-order valence-electron chi connectivity index (χ4n) is 3.41. The molecule has 1 aromatic carbocycles. The number of hydrazine groups is 1. The predicted octanol–water partition coefficient (Wildman–Crippen LogP) is 4.41. The highest BCUT2D eigenvalue weighted by molar-refractivity contribution is 5.78. The van der Waals surface area contributed by atoms with Crippen molar-refractivity contribution in [1.82, 2.24) is 10.4 Å². The number of unbranched alkanes of at least 4 members (excludes halogenated alkanes) is 1. The van der Waals surface area contributed by atoms with E-state index in [1.54, 1.807) is 13.8 Å². The molecule has 0 saturated carbocycles. The summed E-state index contributed by atoms with van der Waals surface area (Å²) in [4.78, 5) is 11.6. The number of carbonyl (C=O) groups is 1. The number of nitrogens with zero attached hydrogens (tertiary/aromatic N) is 1. The summed E-state index contributed by atoms with van der Waals surface area (Å²) in [5.74, 6) is -0.351. The fraction of sp³-hybridized carbons (Fsp3) is 0.632. The first-order valence-electron chi connectivity index (χ1n) is 8.87. The Labute approximate surface area is 147 Å². The topological polar surface area (TPSA) is 32.3 Å². The molecule has 6 heteroatoms. The van der Waals surface area contributed by atoms with Gasteiger partial charge in [-0.3, -0.25) is 10.2 Å². The second kappa shape index (κ2) is 7.77. The third-order valence-corrected chi connectivity index (χ3v) is 4.77. The lowest BCUT2D eigenvalue weighted by molar-refractivity contribution is -0.202. The van der Waals surface area contributed by atoms with Gasteiger partial charge in [-0.25, -0.2) is 5.01 Å². The normalized spacial score (nSPS) is 19.0. The minimum absolute atomic E-state index is 0.0132. The molecule has 0 bridgehead atoms. The van der Waals surface area contributed by atoms with Gasteiger partial charge in [0.25, 0.3) is 0 Å². The first-order valence-corrected chi connectivity index (χ1v) is 8.87. The maximum absolute atomic E-state index is 13.5. The molecule has 1 fully saturated rings. The van der Waals surface area contributed by atoms with Crippen LogP contribution >= 0.6 is 0 Å². The number of hydrogen-bond acceptors (Lipinski definition) is 2. The van der Waals surface area contributed by atoms with Gasteiger partial charge in [-0.15, -0.1) is 0 Å². The number of amides is 1. The minimum atomic E-state index is -4.36. The molecule has 2 rings (SSSR count). The monoisotopic (exact) mass is 356 g/mol. The van der Waals surface area contributed by atoms with Crippen molar-refractivity contribution in [3.05, 3.63) is 35.4 Å². The van der Waals surface area contributed by atoms with Gasteiger partial charge in [0.15, 0.2) is 0 Å². The van der Waals surface area contributed by atoms with Crippen LogP contribution < -0.4 is 5.43 Å². The van der Waals surface area contributed by atoms with E-state index in [0.29, 0.717) is 12.8 Å². The van der Waals surface area contributed by atoms with Crippen molar-refractivity contribution in [1.29, 1.82) is 0 Å². The molecule has 1 amide bonds. The number of aryl methyl sites for hydroxylation is 2. The zero-order chi connectivity index (χ0) is 18.7. The molecule has 0 aliphatic carbocycles. The number of benzene rings is 1. The van der Waals surface area contributed by atoms with E-state index in [1.165, 1.54) is 5.56 Å². The summed E-state index contributed by atoms with van der Waals surface area (Å²) >= 11 is 0. The zero-order valence-electron chi connectivity index (χ0n) is 15.1. The van der Waals surface area contributed by atoms with Crippen LogP contribution in [0.2, 0.25) is 0 Å². The van der Waals surface area contributed by atoms with Crippen LogP contribution in [0.5, 0.6) is 0 Å². The van der Waals surface area contributed by atoms with Crippen LogP contribution in [-0.2, 0) is 17.6 Å². The fourth-order valence-corrected chi connectivity index (χ4v) is 3.41. The number of nitrogens with one attached hydrogen (secondary N) is 1. The zero-order valence-corrected chi connectivity index (χ0v) is 15.1. The molecule has 0 aromatic heterocycles. The maximum Gasteiger partial charge on any atom is 0.405 e. The van der Waals surface area contributed by atoms with Crippen LogP contribution in [0.1, 0.15) is 57.6 Å². The SMILES string of the molecule is CCc1cccc(CCCC[C@H](N2NC(=O)CC2(C)C)C(F)(F)F)c1. The van der Waals surface area contributed by atoms with Crippen molar-refractivity contribution in [2.75, 3.05) is 0 Å². The van der Waals surface area contributed by atoms with E-state index in [2.05, 4.69) is 24.5 Å². The Bertz CT molecular complexity index is 599. The van der Waals surface area contributed by atoms with Gasteiger partial charge in [0, 0.05) is 12.0 Å². The Hall–Kier alpha value is -1.56. The van der Waals surface area contributed by atoms with Crippen molar-refractivity contribution < 1.29 is 18.0 Å². The van der Waals surface area contributed by atoms with E-state index in [9.17, 15) is 18.0 Å². The molecule has 0 spiro atoms. The third-order valence-electron chi connectivity index (χ3n) is 4.77. The average molecular weight is 356 g/mol. The van der Waals surface area contributed by atoms with Crippen LogP contribution in [0.15, 0.2) is 24.3 Å². The number of alkyl halides is 3. The molecule has 1 aromatic rings. The number of halogens is 3. The second-order valence-corrected chi connectivity index (χ2v) is 7.37. The molecular formula is C19H27F3N2O. The highest BCUT2D eigenvalue weighted by Gasteiger charge is 2.51. The lowest BCUT2D eigenvalue weighted by Crippen LogP contribution is -2.56. The summed E-state index contributed by atoms with van der Waals surface area (Å²) in [5, 5.41) is 1.10. The maximum atomic E-state index is 13.5. The van der Waals surface area contributed by atoms with Gasteiger partial charge in [-0.05, 0) is 50.7 Å². The highest BCUT2D eigenvalue weighted by Crippen LogP contribution is 2.35. The summed E-state index contributed by atoms with van der Waals surface area (Å²) in [7, 11) is 0. The Kier molecular flexibility index (Phi) is 6.14. The molecule has 1 heterocycles. The summed E-state index contributed by atoms with van der Waals surface area (Å²) in [6.45, 7) is 5.42. The quantitative estimate of drug-likeness (QED) is 0.734. The Morgan fingerprint density at radius 1 is 1.24 bits per heavy atom. The summed E-state index contributed by atoms with van der Waals surface area (Å²) in [5.41, 5.74) is 3.98. The van der Waals surface area contributed by atoms with Crippen molar-refractivity contribution >= 4 is 5.91 Å². The second-order valence-electron chi connectivity index (χ2n) is 7.37. The van der Waals surface area contributed by atoms with Crippen molar-refractivity contribution in [3.63, 3.8) is 0 Å². The van der Waals surface area contributed by atoms with Crippen LogP contribution in [0.4, 0.5) is 13.2 Å². The summed E-state index contributed by atoms with van der Waals surface area (Å²) in [6, 6.07) is 6.54. The van der Waals surface area contributed by atoms with Crippen LogP contribution in [0.3, 0.4) is 0 Å². The molecule has 1 N–H and O–H groups in total. The van der Waals surface area contributed by atoms with E-state index in [-0.39, 0.29) is 18.7 Å². The van der Waals surface area contributed by atoms with Gasteiger partial charge in [0.1, 0.15) is 6.04 Å². The van der Waals surface area contributed by atoms with E-state index in [0.717, 1.165) is 23.4 Å². The molecule has 140 valence electrons. The molecule has 3 nitrogen and oxygen atoms in total. The summed E-state index contributed by atoms with van der Waals surface area (Å²) < 4.78 is 40.5. The highest BCUT2D eigenvalue weighted by atomic mass is 19.4. The minimum Gasteiger partial charge on any atom is -0.288 e. The van der Waals surface area contributed by atoms with Crippen LogP contribution in [0.25, 0.3) is 0 Å². The molecule has 0 radical (unpaired) electrons. The standard InChI is InChI=1S/C19H27F3N2O/c1-4-14-9-7-10-15(12-14)8-5-6-11-16(19(20,21)22)24-18(2,3)13-17(25)23-24/h7,9-10,12,16H,4-6,8,11,13H2,1-3H3,(H,23,25)/t16-/m0/s1. The first-order chi connectivity index (χ1) is 11.6. The molecule has 0 unspecified atom stereocenters. The molecule has 1 aliphatic heterocycles. The Balaban J connectivity index is 1.94. The largest absolute Gasteiger partial charge is 0.405 e. The lowest BCUT2D eigenvalue weighted by Gasteiger charge is -2.37. The van der Waals surface area contributed by atoms with E-state index in [1.807, 2.05) is 12.1 Å². The van der Waals surface area contributed by atoms with E-state index in [4.69, 9.17) is 0 Å². The average Bonchev–Trinajstić information content (AvgIpc) is 2.78. The van der Waals surface area contributed by atoms with Gasteiger partial charge in [0.05, 0.1) is 0 Å². The number of carbonyl (C=O) groups excluding carboxylic acids is 1. The van der Waals surface area contributed by atoms with Gasteiger partial charge in [-0.1, -0.05) is 37.6 Å². The van der Waals surface area contributed by atoms with E-state index >= 15 is 0 Å². The Morgan fingerprint density at radius 2 is 1.92 bits per heavy atom. The van der Waals surface area contributed by atoms with Gasteiger partial charge >= 0.3 is 6.18 Å². The first kappa shape index (κ1) is 19.8. The molecular weight excluding hydrogens is 329 g/mol. The van der Waals surface area contributed by atoms with Crippen LogP contribution in [0, 0.1) is 0 Å². The molecule has 1 saturated heterocycles. The molecule has 1 atom stereocenters. The van der Waals surface area contributed by atoms with Gasteiger partial charge in [0.2, 0.25) is 5.91 Å². The smallest absolute Gasteiger partial charge is 0.288 e. The van der Waals surface area contributed by atoms with Gasteiger partial charge < -0.3 is 0 Å². The van der Waals surface area contributed by atoms with E-state index < -0.39 is 17.8 Å².